The van der Waals surface area contributed by atoms with Gasteiger partial charge in [0.1, 0.15) is 5.76 Å². The van der Waals surface area contributed by atoms with Crippen molar-refractivity contribution in [3.8, 4) is 0 Å². The second kappa shape index (κ2) is 7.24. The van der Waals surface area contributed by atoms with Crippen LogP contribution in [0, 0.1) is 0 Å². The number of nitrogens with one attached hydrogen (secondary N) is 1. The monoisotopic (exact) mass is 329 g/mol. The molecule has 0 aliphatic carbocycles. The molecule has 0 aromatic carbocycles. The van der Waals surface area contributed by atoms with Gasteiger partial charge in [0, 0.05) is 17.5 Å². The van der Waals surface area contributed by atoms with Crippen LogP contribution >= 0.6 is 22.7 Å². The molecule has 0 bridgehead atoms. The number of furan rings is 1. The Labute approximate surface area is 136 Å². The summed E-state index contributed by atoms with van der Waals surface area (Å²) in [6.45, 7) is 0.515. The maximum Gasteiger partial charge on any atom is 0.244 e. The molecule has 3 aromatic heterocycles. The predicted molar refractivity (Wildman–Crippen MR) is 91.2 cm³/mol. The standard InChI is InChI=1S/C17H15NO2S2/c19-17(6-5-13-7-10-21-12-13)18-11-14(15-3-1-8-20-15)16-4-2-9-22-16/h1-10,12,14H,11H2,(H,18,19). The van der Waals surface area contributed by atoms with Crippen LogP contribution in [0.5, 0.6) is 0 Å². The van der Waals surface area contributed by atoms with Gasteiger partial charge in [-0.1, -0.05) is 6.07 Å². The van der Waals surface area contributed by atoms with Crippen LogP contribution in [0.4, 0.5) is 0 Å². The molecule has 0 aliphatic heterocycles. The second-order valence-corrected chi connectivity index (χ2v) is 6.48. The Hall–Kier alpha value is -2.11. The van der Waals surface area contributed by atoms with Crippen LogP contribution in [0.2, 0.25) is 0 Å². The quantitative estimate of drug-likeness (QED) is 0.683. The zero-order valence-electron chi connectivity index (χ0n) is 11.8. The van der Waals surface area contributed by atoms with Gasteiger partial charge in [0.05, 0.1) is 12.2 Å². The molecule has 112 valence electrons. The molecule has 1 unspecified atom stereocenters. The van der Waals surface area contributed by atoms with Gasteiger partial charge in [0.25, 0.3) is 0 Å². The molecule has 0 saturated carbocycles. The minimum Gasteiger partial charge on any atom is -0.469 e. The summed E-state index contributed by atoms with van der Waals surface area (Å²) in [6, 6.07) is 9.86. The first-order valence-electron chi connectivity index (χ1n) is 6.88. The highest BCUT2D eigenvalue weighted by molar-refractivity contribution is 7.10. The van der Waals surface area contributed by atoms with E-state index in [1.54, 1.807) is 35.0 Å². The summed E-state index contributed by atoms with van der Waals surface area (Å²) in [6.07, 6.45) is 5.04. The fraction of sp³-hybridized carbons (Fsp3) is 0.118. The zero-order valence-corrected chi connectivity index (χ0v) is 13.4. The lowest BCUT2D eigenvalue weighted by Gasteiger charge is -2.13. The van der Waals surface area contributed by atoms with Crippen LogP contribution in [-0.2, 0) is 4.79 Å². The molecule has 3 heterocycles. The molecule has 1 amide bonds. The Morgan fingerprint density at radius 1 is 1.27 bits per heavy atom. The Morgan fingerprint density at radius 2 is 2.23 bits per heavy atom. The lowest BCUT2D eigenvalue weighted by atomic mass is 10.0. The van der Waals surface area contributed by atoms with Gasteiger partial charge >= 0.3 is 0 Å². The molecule has 0 spiro atoms. The van der Waals surface area contributed by atoms with Crippen LogP contribution in [0.3, 0.4) is 0 Å². The maximum absolute atomic E-state index is 12.0. The van der Waals surface area contributed by atoms with Gasteiger partial charge in [-0.3, -0.25) is 4.79 Å². The molecule has 1 N–H and O–H groups in total. The van der Waals surface area contributed by atoms with Crippen molar-refractivity contribution in [3.63, 3.8) is 0 Å². The molecular weight excluding hydrogens is 314 g/mol. The van der Waals surface area contributed by atoms with Crippen molar-refractivity contribution < 1.29 is 9.21 Å². The first-order valence-corrected chi connectivity index (χ1v) is 8.70. The van der Waals surface area contributed by atoms with Crippen molar-refractivity contribution in [1.82, 2.24) is 5.32 Å². The van der Waals surface area contributed by atoms with Crippen LogP contribution < -0.4 is 5.32 Å². The number of rotatable bonds is 6. The van der Waals surface area contributed by atoms with E-state index in [9.17, 15) is 4.79 Å². The normalized spacial score (nSPS) is 12.5. The minimum atomic E-state index is -0.0979. The highest BCUT2D eigenvalue weighted by Gasteiger charge is 2.18. The third-order valence-electron chi connectivity index (χ3n) is 3.22. The Kier molecular flexibility index (Phi) is 4.88. The zero-order chi connectivity index (χ0) is 15.2. The van der Waals surface area contributed by atoms with Crippen molar-refractivity contribution in [1.29, 1.82) is 0 Å². The summed E-state index contributed by atoms with van der Waals surface area (Å²) in [4.78, 5) is 13.1. The molecule has 0 aliphatic rings. The topological polar surface area (TPSA) is 42.2 Å². The Morgan fingerprint density at radius 3 is 2.91 bits per heavy atom. The highest BCUT2D eigenvalue weighted by Crippen LogP contribution is 2.28. The van der Waals surface area contributed by atoms with Crippen LogP contribution in [0.1, 0.15) is 22.1 Å². The number of carbonyl (C=O) groups is 1. The summed E-state index contributed by atoms with van der Waals surface area (Å²) in [7, 11) is 0. The SMILES string of the molecule is O=C(C=Cc1ccsc1)NCC(c1ccco1)c1cccs1. The molecule has 22 heavy (non-hydrogen) atoms. The van der Waals surface area contributed by atoms with Gasteiger partial charge in [-0.15, -0.1) is 11.3 Å². The van der Waals surface area contributed by atoms with Crippen LogP contribution in [-0.4, -0.2) is 12.5 Å². The first kappa shape index (κ1) is 14.8. The van der Waals surface area contributed by atoms with E-state index in [-0.39, 0.29) is 11.8 Å². The summed E-state index contributed by atoms with van der Waals surface area (Å²) in [5.74, 6) is 0.817. The Bertz CT molecular complexity index is 679. The van der Waals surface area contributed by atoms with Gasteiger partial charge < -0.3 is 9.73 Å². The molecule has 3 nitrogen and oxygen atoms in total. The van der Waals surface area contributed by atoms with Crippen molar-refractivity contribution >= 4 is 34.7 Å². The maximum atomic E-state index is 12.0. The molecule has 5 heteroatoms. The lowest BCUT2D eigenvalue weighted by molar-refractivity contribution is -0.116. The number of carbonyl (C=O) groups excluding carboxylic acids is 1. The van der Waals surface area contributed by atoms with E-state index in [0.29, 0.717) is 6.54 Å². The van der Waals surface area contributed by atoms with Gasteiger partial charge in [-0.2, -0.15) is 11.3 Å². The molecule has 3 rings (SSSR count). The third-order valence-corrected chi connectivity index (χ3v) is 4.91. The van der Waals surface area contributed by atoms with Crippen molar-refractivity contribution in [2.45, 2.75) is 5.92 Å². The molecule has 0 fully saturated rings. The molecule has 0 saturated heterocycles. The van der Waals surface area contributed by atoms with Gasteiger partial charge in [-0.25, -0.2) is 0 Å². The summed E-state index contributed by atoms with van der Waals surface area (Å²) in [5.41, 5.74) is 1.04. The summed E-state index contributed by atoms with van der Waals surface area (Å²) >= 11 is 3.28. The minimum absolute atomic E-state index is 0.0495. The van der Waals surface area contributed by atoms with E-state index in [1.165, 1.54) is 4.88 Å². The van der Waals surface area contributed by atoms with Crippen LogP contribution in [0.25, 0.3) is 6.08 Å². The summed E-state index contributed by atoms with van der Waals surface area (Å²) in [5, 5.41) is 8.97. The van der Waals surface area contributed by atoms with Crippen molar-refractivity contribution in [3.05, 3.63) is 75.0 Å². The molecule has 3 aromatic rings. The van der Waals surface area contributed by atoms with Gasteiger partial charge in [-0.05, 0) is 52.0 Å². The van der Waals surface area contributed by atoms with E-state index in [0.717, 1.165) is 11.3 Å². The fourth-order valence-corrected chi connectivity index (χ4v) is 3.59. The van der Waals surface area contributed by atoms with E-state index < -0.39 is 0 Å². The molecule has 0 radical (unpaired) electrons. The smallest absolute Gasteiger partial charge is 0.244 e. The molecule has 1 atom stereocenters. The van der Waals surface area contributed by atoms with E-state index in [4.69, 9.17) is 4.42 Å². The number of hydrogen-bond acceptors (Lipinski definition) is 4. The third kappa shape index (κ3) is 3.75. The highest BCUT2D eigenvalue weighted by atomic mass is 32.1. The lowest BCUT2D eigenvalue weighted by Crippen LogP contribution is -2.26. The average Bonchev–Trinajstić information content (AvgIpc) is 3.27. The first-order chi connectivity index (χ1) is 10.8. The average molecular weight is 329 g/mol. The van der Waals surface area contributed by atoms with E-state index in [1.807, 2.05) is 46.5 Å². The van der Waals surface area contributed by atoms with Crippen molar-refractivity contribution in [2.24, 2.45) is 0 Å². The second-order valence-electron chi connectivity index (χ2n) is 4.72. The van der Waals surface area contributed by atoms with E-state index in [2.05, 4.69) is 11.4 Å². The summed E-state index contributed by atoms with van der Waals surface area (Å²) < 4.78 is 5.51. The van der Waals surface area contributed by atoms with Gasteiger partial charge in [0.2, 0.25) is 5.91 Å². The van der Waals surface area contributed by atoms with Crippen LogP contribution in [0.15, 0.2) is 63.2 Å². The predicted octanol–water partition coefficient (Wildman–Crippen LogP) is 4.36. The van der Waals surface area contributed by atoms with E-state index >= 15 is 0 Å². The molecular formula is C17H15NO2S2. The van der Waals surface area contributed by atoms with Crippen molar-refractivity contribution in [2.75, 3.05) is 6.54 Å². The Balaban J connectivity index is 1.63. The number of thiophene rings is 2. The number of amides is 1. The largest absolute Gasteiger partial charge is 0.469 e. The fourth-order valence-electron chi connectivity index (χ4n) is 2.12. The van der Waals surface area contributed by atoms with Gasteiger partial charge in [0.15, 0.2) is 0 Å². The number of hydrogen-bond donors (Lipinski definition) is 1.